The molecule has 0 bridgehead atoms. The quantitative estimate of drug-likeness (QED) is 0.925. The molecule has 1 heterocycles. The lowest BCUT2D eigenvalue weighted by atomic mass is 10.0. The van der Waals surface area contributed by atoms with Crippen LogP contribution in [0.5, 0.6) is 0 Å². The van der Waals surface area contributed by atoms with Crippen molar-refractivity contribution in [3.05, 3.63) is 64.9 Å². The van der Waals surface area contributed by atoms with E-state index in [1.165, 1.54) is 6.20 Å². The molecule has 3 nitrogen and oxygen atoms in total. The van der Waals surface area contributed by atoms with Crippen molar-refractivity contribution in [3.8, 4) is 0 Å². The summed E-state index contributed by atoms with van der Waals surface area (Å²) in [5.74, 6) is -1.12. The molecule has 0 aliphatic rings. The average molecular weight is 329 g/mol. The van der Waals surface area contributed by atoms with E-state index in [0.717, 1.165) is 0 Å². The van der Waals surface area contributed by atoms with Crippen LogP contribution in [-0.2, 0) is 4.79 Å². The molecule has 1 amide bonds. The van der Waals surface area contributed by atoms with Gasteiger partial charge in [0.25, 0.3) is 0 Å². The standard InChI is InChI=1S/C15H12ClF3N2O/c16-11-5-3-4-10(8-11)14(12-6-1-2-7-20-12)21-13(22)9-15(17,18)19/h1-8,14H,9H2,(H,21,22)/t14-/m0/s1. The van der Waals surface area contributed by atoms with Crippen LogP contribution in [0.1, 0.15) is 23.7 Å². The highest BCUT2D eigenvalue weighted by molar-refractivity contribution is 6.30. The van der Waals surface area contributed by atoms with Crippen molar-refractivity contribution in [3.63, 3.8) is 0 Å². The Morgan fingerprint density at radius 1 is 1.23 bits per heavy atom. The lowest BCUT2D eigenvalue weighted by Gasteiger charge is -2.19. The number of alkyl halides is 3. The number of aromatic nitrogens is 1. The molecule has 1 aromatic carbocycles. The Morgan fingerprint density at radius 3 is 2.59 bits per heavy atom. The fourth-order valence-electron chi connectivity index (χ4n) is 1.95. The number of pyridine rings is 1. The van der Waals surface area contributed by atoms with Gasteiger partial charge in [-0.25, -0.2) is 0 Å². The molecule has 0 aliphatic heterocycles. The van der Waals surface area contributed by atoms with Gasteiger partial charge >= 0.3 is 6.18 Å². The highest BCUT2D eigenvalue weighted by Crippen LogP contribution is 2.25. The summed E-state index contributed by atoms with van der Waals surface area (Å²) in [4.78, 5) is 15.7. The van der Waals surface area contributed by atoms with E-state index in [1.54, 1.807) is 42.5 Å². The van der Waals surface area contributed by atoms with Crippen LogP contribution in [0.2, 0.25) is 5.02 Å². The minimum atomic E-state index is -4.56. The fraction of sp³-hybridized carbons (Fsp3) is 0.200. The van der Waals surface area contributed by atoms with Gasteiger partial charge in [0.05, 0.1) is 11.7 Å². The number of hydrogen-bond donors (Lipinski definition) is 1. The first-order valence-corrected chi connectivity index (χ1v) is 6.75. The number of rotatable bonds is 4. The second-order valence-corrected chi connectivity index (χ2v) is 5.04. The third-order valence-corrected chi connectivity index (χ3v) is 3.07. The van der Waals surface area contributed by atoms with Crippen LogP contribution in [0.25, 0.3) is 0 Å². The molecule has 0 saturated heterocycles. The molecule has 0 aliphatic carbocycles. The van der Waals surface area contributed by atoms with Gasteiger partial charge in [-0.05, 0) is 29.8 Å². The summed E-state index contributed by atoms with van der Waals surface area (Å²) in [5.41, 5.74) is 0.988. The summed E-state index contributed by atoms with van der Waals surface area (Å²) in [6.45, 7) is 0. The Bertz CT molecular complexity index is 647. The lowest BCUT2D eigenvalue weighted by Crippen LogP contribution is -2.33. The Labute approximate surface area is 130 Å². The molecule has 7 heteroatoms. The van der Waals surface area contributed by atoms with Gasteiger partial charge in [-0.15, -0.1) is 0 Å². The van der Waals surface area contributed by atoms with Gasteiger partial charge in [0.15, 0.2) is 0 Å². The smallest absolute Gasteiger partial charge is 0.343 e. The number of nitrogens with one attached hydrogen (secondary N) is 1. The van der Waals surface area contributed by atoms with Gasteiger partial charge in [-0.2, -0.15) is 13.2 Å². The number of hydrogen-bond acceptors (Lipinski definition) is 2. The zero-order valence-electron chi connectivity index (χ0n) is 11.3. The van der Waals surface area contributed by atoms with Gasteiger partial charge in [0.1, 0.15) is 6.42 Å². The molecule has 0 radical (unpaired) electrons. The van der Waals surface area contributed by atoms with Gasteiger partial charge in [0.2, 0.25) is 5.91 Å². The normalized spacial score (nSPS) is 12.7. The minimum absolute atomic E-state index is 0.420. The number of halogens is 4. The number of carbonyl (C=O) groups excluding carboxylic acids is 1. The summed E-state index contributed by atoms with van der Waals surface area (Å²) in [7, 11) is 0. The fourth-order valence-corrected chi connectivity index (χ4v) is 2.15. The van der Waals surface area contributed by atoms with E-state index in [0.29, 0.717) is 16.3 Å². The molecule has 0 saturated carbocycles. The van der Waals surface area contributed by atoms with Crippen LogP contribution < -0.4 is 5.32 Å². The molecule has 116 valence electrons. The first-order valence-electron chi connectivity index (χ1n) is 6.38. The van der Waals surface area contributed by atoms with Crippen LogP contribution in [0, 0.1) is 0 Å². The molecule has 1 N–H and O–H groups in total. The van der Waals surface area contributed by atoms with E-state index in [9.17, 15) is 18.0 Å². The first-order chi connectivity index (χ1) is 10.3. The number of carbonyl (C=O) groups is 1. The van der Waals surface area contributed by atoms with E-state index in [4.69, 9.17) is 11.6 Å². The Hall–Kier alpha value is -2.08. The molecule has 1 atom stereocenters. The van der Waals surface area contributed by atoms with E-state index < -0.39 is 24.5 Å². The van der Waals surface area contributed by atoms with Crippen molar-refractivity contribution < 1.29 is 18.0 Å². The van der Waals surface area contributed by atoms with Crippen LogP contribution in [-0.4, -0.2) is 17.1 Å². The maximum Gasteiger partial charge on any atom is 0.397 e. The minimum Gasteiger partial charge on any atom is -0.343 e. The van der Waals surface area contributed by atoms with Crippen LogP contribution >= 0.6 is 11.6 Å². The predicted molar refractivity (Wildman–Crippen MR) is 76.3 cm³/mol. The Balaban J connectivity index is 2.29. The summed E-state index contributed by atoms with van der Waals surface area (Å²) in [6.07, 6.45) is -4.60. The van der Waals surface area contributed by atoms with Crippen molar-refractivity contribution >= 4 is 17.5 Å². The SMILES string of the molecule is O=C(CC(F)(F)F)N[C@@H](c1cccc(Cl)c1)c1ccccn1. The van der Waals surface area contributed by atoms with Crippen LogP contribution in [0.3, 0.4) is 0 Å². The summed E-state index contributed by atoms with van der Waals surface area (Å²) >= 11 is 5.91. The van der Waals surface area contributed by atoms with E-state index >= 15 is 0 Å². The molecule has 0 spiro atoms. The molecule has 0 unspecified atom stereocenters. The molecule has 22 heavy (non-hydrogen) atoms. The van der Waals surface area contributed by atoms with Gasteiger partial charge in [0, 0.05) is 11.2 Å². The monoisotopic (exact) mass is 328 g/mol. The van der Waals surface area contributed by atoms with Crippen molar-refractivity contribution in [2.75, 3.05) is 0 Å². The van der Waals surface area contributed by atoms with Gasteiger partial charge in [-0.1, -0.05) is 29.8 Å². The van der Waals surface area contributed by atoms with Gasteiger partial charge in [-0.3, -0.25) is 9.78 Å². The van der Waals surface area contributed by atoms with Crippen molar-refractivity contribution in [1.29, 1.82) is 0 Å². The van der Waals surface area contributed by atoms with E-state index in [-0.39, 0.29) is 0 Å². The largest absolute Gasteiger partial charge is 0.397 e. The number of amides is 1. The topological polar surface area (TPSA) is 42.0 Å². The molecule has 2 aromatic rings. The zero-order chi connectivity index (χ0) is 16.2. The summed E-state index contributed by atoms with van der Waals surface area (Å²) in [5, 5.41) is 2.77. The number of nitrogens with zero attached hydrogens (tertiary/aromatic N) is 1. The van der Waals surface area contributed by atoms with Crippen molar-refractivity contribution in [1.82, 2.24) is 10.3 Å². The van der Waals surface area contributed by atoms with Crippen LogP contribution in [0.15, 0.2) is 48.7 Å². The third kappa shape index (κ3) is 4.73. The molecular weight excluding hydrogens is 317 g/mol. The average Bonchev–Trinajstić information content (AvgIpc) is 2.44. The van der Waals surface area contributed by atoms with Crippen molar-refractivity contribution in [2.45, 2.75) is 18.6 Å². The second kappa shape index (κ2) is 6.79. The first kappa shape index (κ1) is 16.3. The van der Waals surface area contributed by atoms with Crippen LogP contribution in [0.4, 0.5) is 13.2 Å². The zero-order valence-corrected chi connectivity index (χ0v) is 12.0. The Morgan fingerprint density at radius 2 is 2.00 bits per heavy atom. The van der Waals surface area contributed by atoms with Gasteiger partial charge < -0.3 is 5.32 Å². The second-order valence-electron chi connectivity index (χ2n) is 4.60. The molecule has 2 rings (SSSR count). The maximum absolute atomic E-state index is 12.3. The highest BCUT2D eigenvalue weighted by Gasteiger charge is 2.32. The van der Waals surface area contributed by atoms with E-state index in [2.05, 4.69) is 10.3 Å². The molecular formula is C15H12ClF3N2O. The Kier molecular flexibility index (Phi) is 5.03. The lowest BCUT2D eigenvalue weighted by molar-refractivity contribution is -0.154. The highest BCUT2D eigenvalue weighted by atomic mass is 35.5. The maximum atomic E-state index is 12.3. The summed E-state index contributed by atoms with van der Waals surface area (Å²) < 4.78 is 37.0. The molecule has 0 fully saturated rings. The molecule has 1 aromatic heterocycles. The predicted octanol–water partition coefficient (Wildman–Crippen LogP) is 3.89. The third-order valence-electron chi connectivity index (χ3n) is 2.83. The van der Waals surface area contributed by atoms with Crippen molar-refractivity contribution in [2.24, 2.45) is 0 Å². The summed E-state index contributed by atoms with van der Waals surface area (Å²) in [6, 6.07) is 10.7. The number of benzene rings is 1. The van der Waals surface area contributed by atoms with E-state index in [1.807, 2.05) is 0 Å².